The maximum Gasteiger partial charge on any atom is 0.00146 e. The highest BCUT2D eigenvalue weighted by Gasteiger charge is 2.18. The van der Waals surface area contributed by atoms with Crippen LogP contribution in [-0.4, -0.2) is 13.6 Å². The van der Waals surface area contributed by atoms with Crippen LogP contribution in [0.4, 0.5) is 0 Å². The molecule has 0 saturated heterocycles. The van der Waals surface area contributed by atoms with Crippen molar-refractivity contribution in [3.63, 3.8) is 0 Å². The van der Waals surface area contributed by atoms with Crippen molar-refractivity contribution in [1.82, 2.24) is 5.32 Å². The van der Waals surface area contributed by atoms with Crippen molar-refractivity contribution in [2.45, 2.75) is 52.9 Å². The summed E-state index contributed by atoms with van der Waals surface area (Å²) in [6, 6.07) is 4.71. The highest BCUT2D eigenvalue weighted by atomic mass is 14.8. The molecule has 0 aliphatic carbocycles. The molecule has 1 atom stereocenters. The number of rotatable bonds is 3. The first kappa shape index (κ1) is 14.2. The molecule has 1 heteroatoms. The molecular formula is C16H27N. The van der Waals surface area contributed by atoms with Crippen LogP contribution in [0.25, 0.3) is 0 Å². The molecule has 0 saturated carbocycles. The van der Waals surface area contributed by atoms with E-state index in [-0.39, 0.29) is 5.41 Å². The van der Waals surface area contributed by atoms with Crippen molar-refractivity contribution in [3.05, 3.63) is 34.4 Å². The second-order valence-electron chi connectivity index (χ2n) is 6.23. The monoisotopic (exact) mass is 233 g/mol. The van der Waals surface area contributed by atoms with Crippen LogP contribution in [0.1, 0.15) is 55.9 Å². The smallest absolute Gasteiger partial charge is 0.00146 e. The van der Waals surface area contributed by atoms with E-state index in [1.165, 1.54) is 22.3 Å². The Morgan fingerprint density at radius 2 is 1.59 bits per heavy atom. The topological polar surface area (TPSA) is 12.0 Å². The maximum atomic E-state index is 3.27. The third kappa shape index (κ3) is 3.32. The van der Waals surface area contributed by atoms with Crippen molar-refractivity contribution in [1.29, 1.82) is 0 Å². The molecule has 0 spiro atoms. The number of hydrogen-bond acceptors (Lipinski definition) is 1. The Bertz CT molecular complexity index is 362. The second kappa shape index (κ2) is 5.22. The third-order valence-electron chi connectivity index (χ3n) is 3.46. The summed E-state index contributed by atoms with van der Waals surface area (Å²) in [4.78, 5) is 0. The summed E-state index contributed by atoms with van der Waals surface area (Å²) >= 11 is 0. The van der Waals surface area contributed by atoms with Crippen LogP contribution in [-0.2, 0) is 5.41 Å². The van der Waals surface area contributed by atoms with Gasteiger partial charge < -0.3 is 5.32 Å². The second-order valence-corrected chi connectivity index (χ2v) is 6.23. The van der Waals surface area contributed by atoms with Gasteiger partial charge >= 0.3 is 0 Å². The molecular weight excluding hydrogens is 206 g/mol. The standard InChI is InChI=1S/C16H27N/c1-11-8-14(16(4,5)6)9-12(2)15(11)13(3)10-17-7/h8-9,13,17H,10H2,1-7H3. The highest BCUT2D eigenvalue weighted by Crippen LogP contribution is 2.30. The van der Waals surface area contributed by atoms with Gasteiger partial charge in [0.1, 0.15) is 0 Å². The quantitative estimate of drug-likeness (QED) is 0.834. The Morgan fingerprint density at radius 1 is 1.12 bits per heavy atom. The van der Waals surface area contributed by atoms with Gasteiger partial charge in [-0.1, -0.05) is 39.8 Å². The van der Waals surface area contributed by atoms with E-state index in [0.29, 0.717) is 5.92 Å². The average molecular weight is 233 g/mol. The van der Waals surface area contributed by atoms with Gasteiger partial charge in [-0.15, -0.1) is 0 Å². The summed E-state index contributed by atoms with van der Waals surface area (Å²) in [6.07, 6.45) is 0. The molecule has 17 heavy (non-hydrogen) atoms. The Hall–Kier alpha value is -0.820. The van der Waals surface area contributed by atoms with Gasteiger partial charge in [-0.3, -0.25) is 0 Å². The lowest BCUT2D eigenvalue weighted by atomic mass is 9.81. The van der Waals surface area contributed by atoms with Crippen molar-refractivity contribution in [2.75, 3.05) is 13.6 Å². The molecule has 0 amide bonds. The van der Waals surface area contributed by atoms with Crippen molar-refractivity contribution < 1.29 is 0 Å². The molecule has 0 heterocycles. The normalized spacial score (nSPS) is 13.8. The lowest BCUT2D eigenvalue weighted by Crippen LogP contribution is -2.18. The zero-order valence-electron chi connectivity index (χ0n) is 12.4. The van der Waals surface area contributed by atoms with E-state index in [0.717, 1.165) is 6.54 Å². The molecule has 1 unspecified atom stereocenters. The number of nitrogens with one attached hydrogen (secondary N) is 1. The van der Waals surface area contributed by atoms with Crippen LogP contribution in [0.15, 0.2) is 12.1 Å². The summed E-state index contributed by atoms with van der Waals surface area (Å²) in [6.45, 7) is 14.6. The molecule has 0 aliphatic rings. The SMILES string of the molecule is CNCC(C)c1c(C)cc(C(C)(C)C)cc1C. The summed E-state index contributed by atoms with van der Waals surface area (Å²) < 4.78 is 0. The molecule has 0 fully saturated rings. The van der Waals surface area contributed by atoms with Crippen molar-refractivity contribution in [2.24, 2.45) is 0 Å². The minimum atomic E-state index is 0.236. The molecule has 96 valence electrons. The van der Waals surface area contributed by atoms with Gasteiger partial charge in [0.25, 0.3) is 0 Å². The van der Waals surface area contributed by atoms with Crippen molar-refractivity contribution in [3.8, 4) is 0 Å². The molecule has 1 aromatic carbocycles. The van der Waals surface area contributed by atoms with Gasteiger partial charge in [0, 0.05) is 6.54 Å². The van der Waals surface area contributed by atoms with Gasteiger partial charge in [0.2, 0.25) is 0 Å². The number of benzene rings is 1. The zero-order chi connectivity index (χ0) is 13.2. The first-order chi connectivity index (χ1) is 7.77. The van der Waals surface area contributed by atoms with Gasteiger partial charge in [-0.2, -0.15) is 0 Å². The molecule has 1 nitrogen and oxygen atoms in total. The van der Waals surface area contributed by atoms with E-state index in [4.69, 9.17) is 0 Å². The van der Waals surface area contributed by atoms with Crippen LogP contribution in [0.2, 0.25) is 0 Å². The third-order valence-corrected chi connectivity index (χ3v) is 3.46. The van der Waals surface area contributed by atoms with Crippen LogP contribution in [0.5, 0.6) is 0 Å². The fourth-order valence-corrected chi connectivity index (χ4v) is 2.59. The Kier molecular flexibility index (Phi) is 4.37. The van der Waals surface area contributed by atoms with Crippen LogP contribution < -0.4 is 5.32 Å². The van der Waals surface area contributed by atoms with Crippen LogP contribution >= 0.6 is 0 Å². The largest absolute Gasteiger partial charge is 0.319 e. The fourth-order valence-electron chi connectivity index (χ4n) is 2.59. The van der Waals surface area contributed by atoms with Crippen LogP contribution in [0.3, 0.4) is 0 Å². The van der Waals surface area contributed by atoms with E-state index < -0.39 is 0 Å². The van der Waals surface area contributed by atoms with Crippen molar-refractivity contribution >= 4 is 0 Å². The summed E-state index contributed by atoms with van der Waals surface area (Å²) in [5.74, 6) is 0.578. The molecule has 1 rings (SSSR count). The van der Waals surface area contributed by atoms with Crippen LogP contribution in [0, 0.1) is 13.8 Å². The van der Waals surface area contributed by atoms with Gasteiger partial charge in [-0.05, 0) is 54.5 Å². The summed E-state index contributed by atoms with van der Waals surface area (Å²) in [7, 11) is 2.02. The lowest BCUT2D eigenvalue weighted by Gasteiger charge is -2.24. The molecule has 0 aliphatic heterocycles. The Morgan fingerprint density at radius 3 is 1.94 bits per heavy atom. The van der Waals surface area contributed by atoms with E-state index in [9.17, 15) is 0 Å². The van der Waals surface area contributed by atoms with Gasteiger partial charge in [-0.25, -0.2) is 0 Å². The Labute approximate surface area is 107 Å². The maximum absolute atomic E-state index is 3.27. The number of hydrogen-bond donors (Lipinski definition) is 1. The first-order valence-corrected chi connectivity index (χ1v) is 6.53. The lowest BCUT2D eigenvalue weighted by molar-refractivity contribution is 0.587. The average Bonchev–Trinajstić information content (AvgIpc) is 2.15. The number of likely N-dealkylation sites (N-methyl/N-ethyl adjacent to an activating group) is 1. The highest BCUT2D eigenvalue weighted by molar-refractivity contribution is 5.42. The predicted molar refractivity (Wildman–Crippen MR) is 77.0 cm³/mol. The van der Waals surface area contributed by atoms with Gasteiger partial charge in [0.05, 0.1) is 0 Å². The summed E-state index contributed by atoms with van der Waals surface area (Å²) in [5.41, 5.74) is 6.04. The van der Waals surface area contributed by atoms with E-state index in [2.05, 4.69) is 59.0 Å². The van der Waals surface area contributed by atoms with E-state index in [1.807, 2.05) is 7.05 Å². The zero-order valence-corrected chi connectivity index (χ0v) is 12.4. The first-order valence-electron chi connectivity index (χ1n) is 6.53. The molecule has 0 aromatic heterocycles. The predicted octanol–water partition coefficient (Wildman–Crippen LogP) is 3.92. The molecule has 0 radical (unpaired) electrons. The summed E-state index contributed by atoms with van der Waals surface area (Å²) in [5, 5.41) is 3.27. The van der Waals surface area contributed by atoms with Gasteiger partial charge in [0.15, 0.2) is 0 Å². The van der Waals surface area contributed by atoms with E-state index >= 15 is 0 Å². The molecule has 1 N–H and O–H groups in total. The molecule has 0 bridgehead atoms. The Balaban J connectivity index is 3.20. The molecule has 1 aromatic rings. The fraction of sp³-hybridized carbons (Fsp3) is 0.625. The minimum Gasteiger partial charge on any atom is -0.319 e. The van der Waals surface area contributed by atoms with E-state index in [1.54, 1.807) is 0 Å². The number of aryl methyl sites for hydroxylation is 2. The minimum absolute atomic E-state index is 0.236.